The Morgan fingerprint density at radius 1 is 1.19 bits per heavy atom. The van der Waals surface area contributed by atoms with Crippen molar-refractivity contribution in [1.82, 2.24) is 15.5 Å². The van der Waals surface area contributed by atoms with Gasteiger partial charge in [0, 0.05) is 18.5 Å². The van der Waals surface area contributed by atoms with Gasteiger partial charge in [-0.25, -0.2) is 0 Å². The highest BCUT2D eigenvalue weighted by atomic mass is 35.5. The number of hydrogen-bond donors (Lipinski definition) is 4. The van der Waals surface area contributed by atoms with Gasteiger partial charge in [-0.15, -0.1) is 0 Å². The van der Waals surface area contributed by atoms with Crippen LogP contribution in [0.3, 0.4) is 0 Å². The third-order valence-electron chi connectivity index (χ3n) is 7.07. The smallest absolute Gasteiger partial charge is 0.251 e. The second-order valence-corrected chi connectivity index (χ2v) is 10.3. The number of halogens is 1. The Bertz CT molecular complexity index is 970. The van der Waals surface area contributed by atoms with E-state index in [0.717, 1.165) is 25.7 Å². The predicted octanol–water partition coefficient (Wildman–Crippen LogP) is 2.02. The molecule has 37 heavy (non-hydrogen) atoms. The Morgan fingerprint density at radius 3 is 2.59 bits per heavy atom. The highest BCUT2D eigenvalue weighted by molar-refractivity contribution is 6.33. The average Bonchev–Trinajstić information content (AvgIpc) is 3.38. The number of ether oxygens (including phenoxy) is 1. The van der Waals surface area contributed by atoms with Crippen LogP contribution in [0.25, 0.3) is 0 Å². The molecule has 11 heteroatoms. The van der Waals surface area contributed by atoms with Gasteiger partial charge >= 0.3 is 0 Å². The van der Waals surface area contributed by atoms with Crippen LogP contribution in [0, 0.1) is 5.92 Å². The van der Waals surface area contributed by atoms with Crippen LogP contribution in [0.5, 0.6) is 0 Å². The minimum absolute atomic E-state index is 0.116. The molecule has 10 nitrogen and oxygen atoms in total. The first-order valence-corrected chi connectivity index (χ1v) is 13.3. The molecule has 3 rings (SSSR count). The Labute approximate surface area is 222 Å². The van der Waals surface area contributed by atoms with E-state index >= 15 is 0 Å². The monoisotopic (exact) mass is 536 g/mol. The van der Waals surface area contributed by atoms with E-state index in [-0.39, 0.29) is 17.0 Å². The fourth-order valence-corrected chi connectivity index (χ4v) is 5.08. The van der Waals surface area contributed by atoms with Crippen molar-refractivity contribution >= 4 is 41.3 Å². The summed E-state index contributed by atoms with van der Waals surface area (Å²) in [5.41, 5.74) is 6.28. The molecule has 3 amide bonds. The summed E-state index contributed by atoms with van der Waals surface area (Å²) in [4.78, 5) is 51.4. The standard InChI is InChI=1S/C26H37ClN4O6/c1-16(29-23(33)18-9-10-20(28)19(27)14-18)25(35)31-12-5-8-22(31)24(34)30-21(11-13-32)26(36)37-15-17-6-3-2-4-7-17/h9-10,13-14,16-17,21-22,26,36H,2-8,11-12,15,28H2,1H3,(H,29,33)(H,30,34)/t16-,21?,22-,26?/m0/s1. The summed E-state index contributed by atoms with van der Waals surface area (Å²) >= 11 is 5.99. The number of nitrogens with one attached hydrogen (secondary N) is 2. The normalized spacial score (nSPS) is 20.6. The third kappa shape index (κ3) is 7.90. The molecule has 204 valence electrons. The zero-order chi connectivity index (χ0) is 26.9. The lowest BCUT2D eigenvalue weighted by Gasteiger charge is -2.30. The maximum Gasteiger partial charge on any atom is 0.251 e. The highest BCUT2D eigenvalue weighted by Crippen LogP contribution is 2.25. The van der Waals surface area contributed by atoms with Gasteiger partial charge in [0.25, 0.3) is 5.91 Å². The summed E-state index contributed by atoms with van der Waals surface area (Å²) in [7, 11) is 0. The topological polar surface area (TPSA) is 151 Å². The first-order chi connectivity index (χ1) is 17.7. The van der Waals surface area contributed by atoms with Crippen molar-refractivity contribution < 1.29 is 29.0 Å². The van der Waals surface area contributed by atoms with E-state index in [2.05, 4.69) is 10.6 Å². The number of aliphatic hydroxyl groups is 1. The van der Waals surface area contributed by atoms with Gasteiger partial charge in [0.05, 0.1) is 23.4 Å². The molecule has 1 saturated carbocycles. The molecule has 0 spiro atoms. The van der Waals surface area contributed by atoms with E-state index in [1.165, 1.54) is 29.5 Å². The molecule has 0 aromatic heterocycles. The molecular weight excluding hydrogens is 500 g/mol. The van der Waals surface area contributed by atoms with Crippen LogP contribution in [0.1, 0.15) is 68.6 Å². The van der Waals surface area contributed by atoms with Gasteiger partial charge in [-0.2, -0.15) is 0 Å². The van der Waals surface area contributed by atoms with Crippen LogP contribution in [0.2, 0.25) is 5.02 Å². The molecule has 0 bridgehead atoms. The minimum atomic E-state index is -1.33. The molecule has 1 saturated heterocycles. The molecule has 5 N–H and O–H groups in total. The van der Waals surface area contributed by atoms with Gasteiger partial charge in [0.15, 0.2) is 6.29 Å². The van der Waals surface area contributed by atoms with Gasteiger partial charge in [-0.05, 0) is 56.7 Å². The van der Waals surface area contributed by atoms with Gasteiger partial charge in [0.2, 0.25) is 11.8 Å². The Morgan fingerprint density at radius 2 is 1.92 bits per heavy atom. The minimum Gasteiger partial charge on any atom is -0.398 e. The number of nitrogen functional groups attached to an aromatic ring is 1. The van der Waals surface area contributed by atoms with Crippen molar-refractivity contribution in [3.8, 4) is 0 Å². The molecule has 4 atom stereocenters. The highest BCUT2D eigenvalue weighted by Gasteiger charge is 2.38. The number of nitrogens with two attached hydrogens (primary N) is 1. The fraction of sp³-hybridized carbons (Fsp3) is 0.615. The average molecular weight is 537 g/mol. The molecule has 1 aliphatic carbocycles. The SMILES string of the molecule is C[C@H](NC(=O)c1ccc(N)c(Cl)c1)C(=O)N1CCC[C@H]1C(=O)NC(CC=O)C(O)OCC1CCCCC1. The molecule has 2 unspecified atom stereocenters. The van der Waals surface area contributed by atoms with Crippen LogP contribution < -0.4 is 16.4 Å². The zero-order valence-corrected chi connectivity index (χ0v) is 21.9. The lowest BCUT2D eigenvalue weighted by Crippen LogP contribution is -2.55. The van der Waals surface area contributed by atoms with Gasteiger partial charge < -0.3 is 35.9 Å². The molecule has 2 aliphatic rings. The number of likely N-dealkylation sites (tertiary alicyclic amines) is 1. The number of benzene rings is 1. The number of carbonyl (C=O) groups excluding carboxylic acids is 4. The fourth-order valence-electron chi connectivity index (χ4n) is 4.90. The first kappa shape index (κ1) is 28.9. The lowest BCUT2D eigenvalue weighted by atomic mass is 9.90. The van der Waals surface area contributed by atoms with Crippen molar-refractivity contribution in [2.45, 2.75) is 82.7 Å². The van der Waals surface area contributed by atoms with E-state index in [4.69, 9.17) is 22.1 Å². The Hall–Kier alpha value is -2.69. The van der Waals surface area contributed by atoms with Gasteiger partial charge in [-0.3, -0.25) is 14.4 Å². The summed E-state index contributed by atoms with van der Waals surface area (Å²) in [6.45, 7) is 2.27. The van der Waals surface area contributed by atoms with Crippen molar-refractivity contribution in [2.24, 2.45) is 5.92 Å². The van der Waals surface area contributed by atoms with Crippen LogP contribution in [-0.4, -0.2) is 71.6 Å². The second kappa shape index (κ2) is 13.7. The largest absolute Gasteiger partial charge is 0.398 e. The molecule has 2 fully saturated rings. The van der Waals surface area contributed by atoms with E-state index in [1.54, 1.807) is 6.92 Å². The number of nitrogens with zero attached hydrogens (tertiary/aromatic N) is 1. The maximum absolute atomic E-state index is 13.1. The van der Waals surface area contributed by atoms with E-state index in [0.29, 0.717) is 43.9 Å². The second-order valence-electron chi connectivity index (χ2n) is 9.87. The number of aldehydes is 1. The molecule has 1 heterocycles. The molecule has 0 radical (unpaired) electrons. The summed E-state index contributed by atoms with van der Waals surface area (Å²) < 4.78 is 5.61. The van der Waals surface area contributed by atoms with Crippen molar-refractivity contribution in [3.63, 3.8) is 0 Å². The van der Waals surface area contributed by atoms with Crippen LogP contribution in [0.15, 0.2) is 18.2 Å². The number of amides is 3. The van der Waals surface area contributed by atoms with E-state index in [9.17, 15) is 24.3 Å². The quantitative estimate of drug-likeness (QED) is 0.192. The predicted molar refractivity (Wildman–Crippen MR) is 139 cm³/mol. The number of rotatable bonds is 11. The summed E-state index contributed by atoms with van der Waals surface area (Å²) in [5.74, 6) is -1.01. The third-order valence-corrected chi connectivity index (χ3v) is 7.40. The number of carbonyl (C=O) groups is 4. The van der Waals surface area contributed by atoms with E-state index < -0.39 is 42.1 Å². The number of aliphatic hydroxyl groups excluding tert-OH is 1. The Kier molecular flexibility index (Phi) is 10.7. The van der Waals surface area contributed by atoms with Crippen molar-refractivity contribution in [2.75, 3.05) is 18.9 Å². The van der Waals surface area contributed by atoms with Crippen molar-refractivity contribution in [3.05, 3.63) is 28.8 Å². The van der Waals surface area contributed by atoms with Crippen LogP contribution in [-0.2, 0) is 19.1 Å². The maximum atomic E-state index is 13.1. The number of hydrogen-bond acceptors (Lipinski definition) is 7. The first-order valence-electron chi connectivity index (χ1n) is 12.9. The Balaban J connectivity index is 1.56. The van der Waals surface area contributed by atoms with Crippen LogP contribution >= 0.6 is 11.6 Å². The lowest BCUT2D eigenvalue weighted by molar-refractivity contribution is -0.149. The molecular formula is C26H37ClN4O6. The van der Waals surface area contributed by atoms with Crippen LogP contribution in [0.4, 0.5) is 5.69 Å². The van der Waals surface area contributed by atoms with Gasteiger partial charge in [-0.1, -0.05) is 30.9 Å². The van der Waals surface area contributed by atoms with Gasteiger partial charge in [0.1, 0.15) is 18.4 Å². The number of anilines is 1. The summed E-state index contributed by atoms with van der Waals surface area (Å²) in [6.07, 6.45) is 5.77. The zero-order valence-electron chi connectivity index (χ0n) is 21.2. The van der Waals surface area contributed by atoms with Crippen molar-refractivity contribution in [1.29, 1.82) is 0 Å². The summed E-state index contributed by atoms with van der Waals surface area (Å²) in [6, 6.07) is 1.84. The molecule has 1 aliphatic heterocycles. The molecule has 1 aromatic rings. The molecule has 1 aromatic carbocycles. The summed E-state index contributed by atoms with van der Waals surface area (Å²) in [5, 5.41) is 16.1. The van der Waals surface area contributed by atoms with E-state index in [1.807, 2.05) is 0 Å².